The van der Waals surface area contributed by atoms with Crippen LogP contribution in [0.15, 0.2) is 71.9 Å². The molecule has 12 atom stereocenters. The SMILES string of the molecule is CO[C@H]1C[C@H]2C=C[C@H]3[C@H]4O[C@]2(/C(C)=C/[C@@H](C)[C@@H]([C@@H](C)OC(=O)C[N+]25CC[N+](CC(=O)NCCCC(=O)OCc6ccc([N+](=O)[O-])cc6)(CC2)CC5)OC1=O)[C@@H]3[C@H](O)[C@@H](C)[C@H]4OC(=O)C1=CC=CC1. The number of non-ortho nitro benzene ring substituents is 1. The Bertz CT molecular complexity index is 2230. The molecule has 0 aromatic heterocycles. The van der Waals surface area contributed by atoms with Crippen molar-refractivity contribution in [3.05, 3.63) is 87.5 Å². The second-order valence-electron chi connectivity index (χ2n) is 20.2. The summed E-state index contributed by atoms with van der Waals surface area (Å²) < 4.78 is 37.8. The van der Waals surface area contributed by atoms with E-state index in [0.29, 0.717) is 65.7 Å². The van der Waals surface area contributed by atoms with Crippen molar-refractivity contribution in [3.8, 4) is 0 Å². The van der Waals surface area contributed by atoms with E-state index in [1.807, 2.05) is 51.2 Å². The standard InChI is InChI=1S/C50H65N4O14/c1-30-25-31(2)50-36(14-17-38-43(50)44(58)32(3)46(47(38)68-50)67-48(59)35-9-6-7-10-35)26-39(63-5)49(60)66-45(30)33(4)65-42(57)28-54-22-19-53(20-23-54,21-24-54)27-40(55)51-18-8-11-41(56)64-29-34-12-15-37(16-13-34)52(61)62/h6-7,9,12-17,25,30,32-33,36,38-39,43-47,58H,8,10-11,18-24,26-29H2,1-5H3/q+1/p+1/b31-25+/t30-,32-,33-,36-,38-,39+,43+,44-,45+,46-,47-,50+,53?,54?/m1/s1. The van der Waals surface area contributed by atoms with Gasteiger partial charge in [0.2, 0.25) is 0 Å². The molecule has 4 saturated heterocycles. The lowest BCUT2D eigenvalue weighted by Gasteiger charge is -2.54. The van der Waals surface area contributed by atoms with Crippen LogP contribution in [-0.2, 0) is 59.0 Å². The van der Waals surface area contributed by atoms with Crippen molar-refractivity contribution in [2.75, 3.05) is 66.0 Å². The summed E-state index contributed by atoms with van der Waals surface area (Å²) in [5.74, 6) is -3.80. The van der Waals surface area contributed by atoms with Gasteiger partial charge in [-0.2, -0.15) is 0 Å². The number of hydrogen-bond acceptors (Lipinski definition) is 14. The van der Waals surface area contributed by atoms with E-state index in [0.717, 1.165) is 25.2 Å². The van der Waals surface area contributed by atoms with Gasteiger partial charge in [0.1, 0.15) is 75.9 Å². The molecule has 18 heteroatoms. The van der Waals surface area contributed by atoms with Crippen molar-refractivity contribution >= 4 is 35.5 Å². The Morgan fingerprint density at radius 2 is 1.71 bits per heavy atom. The predicted octanol–water partition coefficient (Wildman–Crippen LogP) is 3.40. The first-order valence-corrected chi connectivity index (χ1v) is 24.1. The zero-order valence-corrected chi connectivity index (χ0v) is 39.6. The van der Waals surface area contributed by atoms with Crippen LogP contribution in [-0.4, -0.2) is 157 Å². The van der Waals surface area contributed by atoms with Crippen LogP contribution in [0.4, 0.5) is 5.69 Å². The van der Waals surface area contributed by atoms with Crippen LogP contribution in [0.3, 0.4) is 0 Å². The molecule has 5 fully saturated rings. The lowest BCUT2D eigenvalue weighted by molar-refractivity contribution is -1.07. The largest absolute Gasteiger partial charge is 0.461 e. The Hall–Kier alpha value is -5.27. The minimum absolute atomic E-state index is 0.00647. The number of piperazine rings is 3. The van der Waals surface area contributed by atoms with Crippen molar-refractivity contribution < 1.29 is 71.4 Å². The average molecular weight is 947 g/mol. The highest BCUT2D eigenvalue weighted by atomic mass is 16.6. The van der Waals surface area contributed by atoms with Gasteiger partial charge in [0.05, 0.1) is 11.0 Å². The van der Waals surface area contributed by atoms with E-state index in [9.17, 15) is 39.2 Å². The zero-order valence-electron chi connectivity index (χ0n) is 39.6. The summed E-state index contributed by atoms with van der Waals surface area (Å²) in [7, 11) is 1.46. The van der Waals surface area contributed by atoms with Gasteiger partial charge < -0.3 is 47.8 Å². The van der Waals surface area contributed by atoms with Crippen molar-refractivity contribution in [1.82, 2.24) is 5.32 Å². The molecule has 5 aliphatic heterocycles. The highest BCUT2D eigenvalue weighted by Crippen LogP contribution is 2.61. The van der Waals surface area contributed by atoms with Gasteiger partial charge in [-0.3, -0.25) is 19.7 Å². The van der Waals surface area contributed by atoms with E-state index < -0.39 is 82.9 Å². The van der Waals surface area contributed by atoms with Gasteiger partial charge in [0.15, 0.2) is 19.2 Å². The summed E-state index contributed by atoms with van der Waals surface area (Å²) in [6.07, 6.45) is 8.00. The monoisotopic (exact) mass is 946 g/mol. The van der Waals surface area contributed by atoms with E-state index in [-0.39, 0.29) is 55.3 Å². The fourth-order valence-corrected chi connectivity index (χ4v) is 12.1. The summed E-state index contributed by atoms with van der Waals surface area (Å²) in [5.41, 5.74) is 0.965. The third kappa shape index (κ3) is 9.79. The number of fused-ring (bicyclic) bond motifs is 3. The molecule has 2 N–H and O–H groups in total. The number of allylic oxidation sites excluding steroid dienone is 3. The van der Waals surface area contributed by atoms with Crippen molar-refractivity contribution in [3.63, 3.8) is 0 Å². The average Bonchev–Trinajstić information content (AvgIpc) is 3.93. The normalized spacial score (nSPS) is 36.8. The molecule has 0 radical (unpaired) electrons. The number of nitrogens with zero attached hydrogens (tertiary/aromatic N) is 3. The fourth-order valence-electron chi connectivity index (χ4n) is 12.1. The molecule has 1 amide bonds. The molecule has 1 aromatic carbocycles. The summed E-state index contributed by atoms with van der Waals surface area (Å²) in [6.45, 7) is 12.6. The number of benzene rings is 1. The van der Waals surface area contributed by atoms with Crippen LogP contribution in [0.2, 0.25) is 0 Å². The number of esters is 4. The smallest absolute Gasteiger partial charge is 0.362 e. The topological polar surface area (TPSA) is 216 Å². The zero-order chi connectivity index (χ0) is 48.5. The molecule has 3 aliphatic carbocycles. The number of methoxy groups -OCH3 is 1. The van der Waals surface area contributed by atoms with Crippen molar-refractivity contribution in [2.45, 2.75) is 102 Å². The maximum Gasteiger partial charge on any atom is 0.362 e. The molecule has 9 rings (SSSR count). The summed E-state index contributed by atoms with van der Waals surface area (Å²) in [6, 6.07) is 5.80. The van der Waals surface area contributed by atoms with Gasteiger partial charge in [0.25, 0.3) is 11.6 Å². The second kappa shape index (κ2) is 20.0. The minimum atomic E-state index is -1.04. The lowest BCUT2D eigenvalue weighted by Crippen LogP contribution is -2.76. The quantitative estimate of drug-likeness (QED) is 0.0462. The first-order chi connectivity index (χ1) is 32.5. The molecule has 18 nitrogen and oxygen atoms in total. The highest BCUT2D eigenvalue weighted by Gasteiger charge is 2.69. The number of aliphatic hydroxyl groups excluding tert-OH is 1. The third-order valence-corrected chi connectivity index (χ3v) is 16.0. The molecule has 1 spiro atoms. The van der Waals surface area contributed by atoms with E-state index in [2.05, 4.69) is 5.32 Å². The van der Waals surface area contributed by atoms with Gasteiger partial charge in [0, 0.05) is 67.4 Å². The molecule has 5 heterocycles. The van der Waals surface area contributed by atoms with E-state index in [1.54, 1.807) is 25.1 Å². The second-order valence-corrected chi connectivity index (χ2v) is 20.2. The molecule has 1 aromatic rings. The number of nitro benzene ring substituents is 1. The Kier molecular flexibility index (Phi) is 14.4. The van der Waals surface area contributed by atoms with Crippen molar-refractivity contribution in [2.24, 2.45) is 29.6 Å². The number of nitrogens with one attached hydrogen (secondary N) is 1. The molecular formula is C50H66N4O14+2. The molecule has 8 aliphatic rings. The fraction of sp³-hybridized carbons (Fsp3) is 0.620. The highest BCUT2D eigenvalue weighted by molar-refractivity contribution is 5.90. The van der Waals surface area contributed by atoms with Crippen LogP contribution in [0, 0.1) is 39.7 Å². The maximum absolute atomic E-state index is 14.0. The number of carbonyl (C=O) groups is 5. The van der Waals surface area contributed by atoms with Crippen LogP contribution in [0.5, 0.6) is 0 Å². The van der Waals surface area contributed by atoms with Crippen LogP contribution in [0.1, 0.15) is 58.9 Å². The van der Waals surface area contributed by atoms with Gasteiger partial charge >= 0.3 is 23.9 Å². The number of aliphatic hydroxyl groups is 1. The van der Waals surface area contributed by atoms with Gasteiger partial charge in [-0.1, -0.05) is 50.3 Å². The predicted molar refractivity (Wildman–Crippen MR) is 242 cm³/mol. The van der Waals surface area contributed by atoms with E-state index >= 15 is 0 Å². The number of rotatable bonds is 16. The minimum Gasteiger partial charge on any atom is -0.461 e. The Morgan fingerprint density at radius 1 is 1.01 bits per heavy atom. The number of nitro groups is 1. The van der Waals surface area contributed by atoms with E-state index in [4.69, 9.17) is 28.4 Å². The summed E-state index contributed by atoms with van der Waals surface area (Å²) in [4.78, 5) is 76.7. The van der Waals surface area contributed by atoms with Crippen molar-refractivity contribution in [1.29, 1.82) is 0 Å². The van der Waals surface area contributed by atoms with Crippen LogP contribution < -0.4 is 5.32 Å². The maximum atomic E-state index is 14.0. The van der Waals surface area contributed by atoms with E-state index in [1.165, 1.54) is 19.2 Å². The summed E-state index contributed by atoms with van der Waals surface area (Å²) >= 11 is 0. The first kappa shape index (κ1) is 49.2. The molecular weight excluding hydrogens is 881 g/mol. The van der Waals surface area contributed by atoms with Crippen LogP contribution >= 0.6 is 0 Å². The molecule has 368 valence electrons. The lowest BCUT2D eigenvalue weighted by atomic mass is 9.57. The Labute approximate surface area is 396 Å². The number of cyclic esters (lactones) is 1. The first-order valence-electron chi connectivity index (χ1n) is 24.1. The number of hydrogen-bond donors (Lipinski definition) is 2. The number of quaternary nitrogens is 2. The Balaban J connectivity index is 0.848. The van der Waals surface area contributed by atoms with Crippen LogP contribution in [0.25, 0.3) is 0 Å². The van der Waals surface area contributed by atoms with Gasteiger partial charge in [-0.05, 0) is 56.4 Å². The van der Waals surface area contributed by atoms with Gasteiger partial charge in [-0.15, -0.1) is 0 Å². The molecule has 68 heavy (non-hydrogen) atoms. The molecule has 1 saturated carbocycles. The molecule has 0 unspecified atom stereocenters. The molecule has 6 bridgehead atoms. The number of carbonyl (C=O) groups excluding carboxylic acids is 5. The number of amides is 1. The number of ether oxygens (including phenoxy) is 6. The Morgan fingerprint density at radius 3 is 2.35 bits per heavy atom. The third-order valence-electron chi connectivity index (χ3n) is 16.0. The van der Waals surface area contributed by atoms with Gasteiger partial charge in [-0.25, -0.2) is 14.4 Å². The summed E-state index contributed by atoms with van der Waals surface area (Å²) in [5, 5.41) is 25.9.